The van der Waals surface area contributed by atoms with Crippen LogP contribution in [0.25, 0.3) is 16.6 Å². The fourth-order valence-electron chi connectivity index (χ4n) is 13.4. The van der Waals surface area contributed by atoms with Crippen LogP contribution in [0.15, 0.2) is 220 Å². The quantitative estimate of drug-likeness (QED) is 0.0886. The van der Waals surface area contributed by atoms with Gasteiger partial charge in [0.15, 0.2) is 0 Å². The average Bonchev–Trinajstić information content (AvgIpc) is 1.74. The van der Waals surface area contributed by atoms with E-state index < -0.39 is 0 Å². The van der Waals surface area contributed by atoms with E-state index in [0.29, 0.717) is 12.1 Å². The molecular formula is C101H154N14. The zero-order chi connectivity index (χ0) is 86.5. The zero-order valence-electron chi connectivity index (χ0n) is 78.3. The molecule has 9 aromatic rings. The first-order valence-electron chi connectivity index (χ1n) is 42.4. The Kier molecular flexibility index (Phi) is 37.9. The van der Waals surface area contributed by atoms with Crippen LogP contribution in [0.3, 0.4) is 0 Å². The van der Waals surface area contributed by atoms with Gasteiger partial charge >= 0.3 is 0 Å². The minimum Gasteiger partial charge on any atom is -0.360 e. The SMILES string of the molecule is CC(C)(C)C1=NC=CC1.CC(C)(C)C1=Nc2ccccc2C1.CC(C)(C)c1nccc2cccn12.CC(C)N(C(=Nc1ccccc1)C(C)(C)C)C(C)C.CCCN(CC)C(=Nc1ccccc1)C(C)(C)C.CCCN(CCC)C(=Nc1ccccc1)C(C)(C)C.Cn1c(C(C)(C)C)nc2ccccc21.Cn1ccnc1C(C)(C)C. The van der Waals surface area contributed by atoms with Gasteiger partial charge in [-0.2, -0.15) is 0 Å². The smallest absolute Gasteiger partial charge is 0.118 e. The van der Waals surface area contributed by atoms with E-state index in [1.165, 1.54) is 39.7 Å². The number of fused-ring (bicyclic) bond motifs is 3. The van der Waals surface area contributed by atoms with Crippen molar-refractivity contribution in [3.8, 4) is 0 Å². The van der Waals surface area contributed by atoms with Crippen LogP contribution in [0.1, 0.15) is 270 Å². The summed E-state index contributed by atoms with van der Waals surface area (Å²) in [7, 11) is 4.10. The summed E-state index contributed by atoms with van der Waals surface area (Å²) < 4.78 is 6.37. The van der Waals surface area contributed by atoms with E-state index in [1.807, 2.05) is 111 Å². The lowest BCUT2D eigenvalue weighted by molar-refractivity contribution is 0.265. The molecule has 115 heavy (non-hydrogen) atoms. The summed E-state index contributed by atoms with van der Waals surface area (Å²) in [6.07, 6.45) is 17.3. The van der Waals surface area contributed by atoms with Crippen molar-refractivity contribution in [3.63, 3.8) is 0 Å². The molecule has 6 heterocycles. The number of aliphatic imine (C=N–C) groups is 5. The van der Waals surface area contributed by atoms with Gasteiger partial charge in [0.1, 0.15) is 35.0 Å². The lowest BCUT2D eigenvalue weighted by atomic mass is 9.87. The van der Waals surface area contributed by atoms with Gasteiger partial charge in [0.25, 0.3) is 0 Å². The molecule has 0 radical (unpaired) electrons. The number of benzene rings is 5. The highest BCUT2D eigenvalue weighted by Gasteiger charge is 2.31. The zero-order valence-corrected chi connectivity index (χ0v) is 78.3. The molecule has 5 aromatic carbocycles. The van der Waals surface area contributed by atoms with Crippen LogP contribution in [0.2, 0.25) is 0 Å². The summed E-state index contributed by atoms with van der Waals surface area (Å²) in [5.41, 5.74) is 12.7. The maximum atomic E-state index is 4.92. The van der Waals surface area contributed by atoms with Crippen molar-refractivity contribution in [3.05, 3.63) is 218 Å². The Bertz CT molecular complexity index is 4480. The predicted octanol–water partition coefficient (Wildman–Crippen LogP) is 27.2. The van der Waals surface area contributed by atoms with Crippen LogP contribution >= 0.6 is 0 Å². The van der Waals surface area contributed by atoms with Crippen LogP contribution in [0, 0.1) is 27.1 Å². The third-order valence-corrected chi connectivity index (χ3v) is 18.9. The molecular weight excluding hydrogens is 1410 g/mol. The lowest BCUT2D eigenvalue weighted by Crippen LogP contribution is -2.47. The molecule has 11 rings (SSSR count). The Balaban J connectivity index is 0.000000280. The lowest BCUT2D eigenvalue weighted by Gasteiger charge is -2.39. The van der Waals surface area contributed by atoms with E-state index in [-0.39, 0.29) is 43.3 Å². The molecule has 0 spiro atoms. The standard InChI is InChI=1S/2C17H28N2.C16H26N2.C12H16N2.C12H15N.C11H14N2.C8H14N2.C8H13N/c1-13(2)19(14(3)4)16(17(5,6)7)18-15-11-9-8-10-12-15;1-6-13-19(14-7-2)16(17(3,4)5)18-15-11-9-8-10-12-15;1-6-13-18(7-2)15(16(3,4)5)17-14-11-9-8-10-12-14;1-12(2,3)11-13-9-7-5-6-8-10(9)14(11)4;1-12(2,3)11-8-9-6-4-5-7-10(9)13-11;1-11(2,3)10-12-7-6-9-5-4-8-13(9)10;1-8(2,3)7-9-5-6-10(7)4;1-8(2,3)7-5-4-6-9-7/h8-14H,1-7H3;8-12H,6-7,13-14H2,1-5H3;8-12H,6-7,13H2,1-5H3;5-8H,1-4H3;4-7H,8H2,1-3H3;4-8H,1-3H3;5-6H,1-4H3;4,6H,5H2,1-3H3. The van der Waals surface area contributed by atoms with E-state index >= 15 is 0 Å². The highest BCUT2D eigenvalue weighted by molar-refractivity contribution is 5.97. The number of amidine groups is 3. The Morgan fingerprint density at radius 1 is 0.426 bits per heavy atom. The maximum Gasteiger partial charge on any atom is 0.118 e. The van der Waals surface area contributed by atoms with Crippen LogP contribution < -0.4 is 0 Å². The fourth-order valence-corrected chi connectivity index (χ4v) is 13.4. The first kappa shape index (κ1) is 98.3. The highest BCUT2D eigenvalue weighted by atomic mass is 15.2. The number of nitrogens with zero attached hydrogens (tertiary/aromatic N) is 14. The summed E-state index contributed by atoms with van der Waals surface area (Å²) in [6.45, 7) is 74.9. The second-order valence-electron chi connectivity index (χ2n) is 38.9. The number of imidazole rings is 2. The second-order valence-corrected chi connectivity index (χ2v) is 38.9. The first-order valence-corrected chi connectivity index (χ1v) is 42.4. The summed E-state index contributed by atoms with van der Waals surface area (Å²) in [5.74, 6) is 6.91. The molecule has 4 aromatic heterocycles. The van der Waals surface area contributed by atoms with Crippen molar-refractivity contribution in [1.82, 2.24) is 43.2 Å². The normalized spacial score (nSPS) is 13.3. The Labute approximate surface area is 699 Å². The maximum absolute atomic E-state index is 4.92. The van der Waals surface area contributed by atoms with E-state index in [0.717, 1.165) is 110 Å². The first-order chi connectivity index (χ1) is 53.5. The van der Waals surface area contributed by atoms with Crippen molar-refractivity contribution in [2.45, 2.75) is 282 Å². The summed E-state index contributed by atoms with van der Waals surface area (Å²) in [4.78, 5) is 44.1. The van der Waals surface area contributed by atoms with Crippen molar-refractivity contribution < 1.29 is 0 Å². The molecule has 14 nitrogen and oxygen atoms in total. The van der Waals surface area contributed by atoms with Crippen molar-refractivity contribution in [2.75, 3.05) is 26.2 Å². The Hall–Kier alpha value is -9.04. The molecule has 0 unspecified atom stereocenters. The van der Waals surface area contributed by atoms with Gasteiger partial charge in [-0.3, -0.25) is 9.98 Å². The van der Waals surface area contributed by atoms with Crippen LogP contribution in [0.4, 0.5) is 22.7 Å². The van der Waals surface area contributed by atoms with E-state index in [1.54, 1.807) is 0 Å². The summed E-state index contributed by atoms with van der Waals surface area (Å²) >= 11 is 0. The highest BCUT2D eigenvalue weighted by Crippen LogP contribution is 2.34. The number of aryl methyl sites for hydroxylation is 2. The van der Waals surface area contributed by atoms with Gasteiger partial charge in [-0.25, -0.2) is 29.9 Å². The van der Waals surface area contributed by atoms with E-state index in [9.17, 15) is 0 Å². The Morgan fingerprint density at radius 2 is 0.852 bits per heavy atom. The van der Waals surface area contributed by atoms with Gasteiger partial charge in [0.2, 0.25) is 0 Å². The van der Waals surface area contributed by atoms with Gasteiger partial charge in [0, 0.05) is 156 Å². The van der Waals surface area contributed by atoms with Gasteiger partial charge < -0.3 is 28.2 Å². The molecule has 2 aliphatic heterocycles. The van der Waals surface area contributed by atoms with Crippen LogP contribution in [-0.2, 0) is 36.8 Å². The second kappa shape index (κ2) is 44.3. The molecule has 0 fully saturated rings. The number of aromatic nitrogens is 6. The monoisotopic (exact) mass is 1560 g/mol. The molecule has 628 valence electrons. The van der Waals surface area contributed by atoms with Crippen LogP contribution in [0.5, 0.6) is 0 Å². The third-order valence-electron chi connectivity index (χ3n) is 18.9. The minimum absolute atomic E-state index is 0.0321. The molecule has 0 aliphatic carbocycles. The van der Waals surface area contributed by atoms with Gasteiger partial charge in [-0.15, -0.1) is 0 Å². The van der Waals surface area contributed by atoms with Gasteiger partial charge in [0.05, 0.1) is 33.8 Å². The molecule has 0 amide bonds. The topological polar surface area (TPSA) is 124 Å². The fraction of sp³-hybridized carbons (Fsp3) is 0.525. The molecule has 0 bridgehead atoms. The number of allylic oxidation sites excluding steroid dienone is 1. The summed E-state index contributed by atoms with van der Waals surface area (Å²) in [6, 6.07) is 54.4. The van der Waals surface area contributed by atoms with Crippen LogP contribution in [-0.4, -0.2) is 110 Å². The third kappa shape index (κ3) is 32.5. The minimum atomic E-state index is 0.0321. The molecule has 0 N–H and O–H groups in total. The molecule has 0 saturated heterocycles. The molecule has 2 aliphatic rings. The molecule has 14 heteroatoms. The number of rotatable bonds is 12. The van der Waals surface area contributed by atoms with Gasteiger partial charge in [-0.1, -0.05) is 278 Å². The number of hydrogen-bond acceptors (Lipinski definition) is 8. The molecule has 0 saturated carbocycles. The van der Waals surface area contributed by atoms with Crippen molar-refractivity contribution >= 4 is 68.2 Å². The van der Waals surface area contributed by atoms with Crippen molar-refractivity contribution in [2.24, 2.45) is 66.1 Å². The van der Waals surface area contributed by atoms with Gasteiger partial charge in [-0.05, 0) is 132 Å². The predicted molar refractivity (Wildman–Crippen MR) is 503 cm³/mol. The Morgan fingerprint density at radius 3 is 1.23 bits per heavy atom. The number of hydrogen-bond donors (Lipinski definition) is 0. The molecule has 0 atom stereocenters. The van der Waals surface area contributed by atoms with E-state index in [4.69, 9.17) is 15.0 Å². The van der Waals surface area contributed by atoms with E-state index in [2.05, 4.69) is 373 Å². The summed E-state index contributed by atoms with van der Waals surface area (Å²) in [5, 5.41) is 0. The average molecular weight is 1560 g/mol. The largest absolute Gasteiger partial charge is 0.360 e. The number of para-hydroxylation sites is 6. The van der Waals surface area contributed by atoms with Crippen molar-refractivity contribution in [1.29, 1.82) is 0 Å².